The van der Waals surface area contributed by atoms with Crippen LogP contribution in [0.4, 0.5) is 0 Å². The van der Waals surface area contributed by atoms with Gasteiger partial charge in [0.15, 0.2) is 5.11 Å². The molecule has 188 valence electrons. The van der Waals surface area contributed by atoms with Crippen LogP contribution in [0.3, 0.4) is 0 Å². The molecule has 1 aliphatic carbocycles. The first-order valence-electron chi connectivity index (χ1n) is 12.8. The molecule has 1 fully saturated rings. The molecule has 4 aromatic rings. The molecule has 3 aromatic carbocycles. The van der Waals surface area contributed by atoms with Gasteiger partial charge in [0, 0.05) is 23.4 Å². The van der Waals surface area contributed by atoms with Crippen LogP contribution in [0.15, 0.2) is 96.2 Å². The number of para-hydroxylation sites is 1. The van der Waals surface area contributed by atoms with Crippen LogP contribution in [0.1, 0.15) is 43.2 Å². The van der Waals surface area contributed by atoms with Gasteiger partial charge in [0.05, 0.1) is 11.9 Å². The minimum atomic E-state index is 0.433. The number of hydrazone groups is 1. The molecule has 5 rings (SSSR count). The van der Waals surface area contributed by atoms with Gasteiger partial charge in [0.2, 0.25) is 0 Å². The molecule has 1 heterocycles. The van der Waals surface area contributed by atoms with Gasteiger partial charge >= 0.3 is 0 Å². The molecule has 0 aliphatic heterocycles. The van der Waals surface area contributed by atoms with E-state index < -0.39 is 0 Å². The van der Waals surface area contributed by atoms with Gasteiger partial charge < -0.3 is 10.1 Å². The van der Waals surface area contributed by atoms with E-state index in [1.54, 1.807) is 6.21 Å². The summed E-state index contributed by atoms with van der Waals surface area (Å²) in [5.74, 6) is 0.811. The van der Waals surface area contributed by atoms with E-state index in [1.165, 1.54) is 19.3 Å². The molecule has 1 saturated carbocycles. The topological polar surface area (TPSA) is 63.5 Å². The molecule has 0 saturated heterocycles. The summed E-state index contributed by atoms with van der Waals surface area (Å²) in [6.07, 6.45) is 9.88. The Morgan fingerprint density at radius 1 is 0.946 bits per heavy atom. The van der Waals surface area contributed by atoms with Gasteiger partial charge in [-0.15, -0.1) is 0 Å². The van der Waals surface area contributed by atoms with Crippen molar-refractivity contribution in [1.82, 2.24) is 20.5 Å². The predicted octanol–water partition coefficient (Wildman–Crippen LogP) is 6.25. The minimum absolute atomic E-state index is 0.433. The van der Waals surface area contributed by atoms with E-state index in [1.807, 2.05) is 83.7 Å². The van der Waals surface area contributed by atoms with Gasteiger partial charge in [0.1, 0.15) is 18.1 Å². The standard InChI is InChI=1S/C30H31N5OS/c37-30(32-26-12-6-2-7-13-26)33-31-20-25-21-35(27-14-8-3-9-15-27)34-29(25)24-16-18-28(19-17-24)36-22-23-10-4-1-5-11-23/h1,3-5,8-11,14-21,26H,2,6-7,12-13,22H2,(H2,32,33,37). The first-order valence-corrected chi connectivity index (χ1v) is 13.2. The lowest BCUT2D eigenvalue weighted by Gasteiger charge is -2.23. The summed E-state index contributed by atoms with van der Waals surface area (Å²) < 4.78 is 7.83. The molecular formula is C30H31N5OS. The first-order chi connectivity index (χ1) is 18.2. The summed E-state index contributed by atoms with van der Waals surface area (Å²) in [5, 5.41) is 13.2. The second-order valence-corrected chi connectivity index (χ2v) is 9.60. The fourth-order valence-corrected chi connectivity index (χ4v) is 4.71. The van der Waals surface area contributed by atoms with Crippen molar-refractivity contribution in [3.05, 3.63) is 102 Å². The smallest absolute Gasteiger partial charge is 0.187 e. The van der Waals surface area contributed by atoms with Crippen molar-refractivity contribution < 1.29 is 4.74 Å². The third-order valence-corrected chi connectivity index (χ3v) is 6.66. The molecular weight excluding hydrogens is 478 g/mol. The summed E-state index contributed by atoms with van der Waals surface area (Å²) in [6, 6.07) is 28.6. The predicted molar refractivity (Wildman–Crippen MR) is 153 cm³/mol. The molecule has 37 heavy (non-hydrogen) atoms. The monoisotopic (exact) mass is 509 g/mol. The van der Waals surface area contributed by atoms with Gasteiger partial charge in [-0.1, -0.05) is 67.8 Å². The summed E-state index contributed by atoms with van der Waals surface area (Å²) in [5.41, 5.74) is 7.79. The average molecular weight is 510 g/mol. The molecule has 0 bridgehead atoms. The van der Waals surface area contributed by atoms with Gasteiger partial charge in [0.25, 0.3) is 0 Å². The SMILES string of the molecule is S=C(NN=Cc1cn(-c2ccccc2)nc1-c1ccc(OCc2ccccc2)cc1)NC1CCCCC1. The first kappa shape index (κ1) is 24.7. The van der Waals surface area contributed by atoms with E-state index in [-0.39, 0.29) is 0 Å². The lowest BCUT2D eigenvalue weighted by atomic mass is 9.96. The maximum atomic E-state index is 5.96. The molecule has 2 N–H and O–H groups in total. The average Bonchev–Trinajstić information content (AvgIpc) is 3.38. The third kappa shape index (κ3) is 6.83. The molecule has 0 unspecified atom stereocenters. The van der Waals surface area contributed by atoms with Crippen LogP contribution in [0, 0.1) is 0 Å². The van der Waals surface area contributed by atoms with E-state index in [4.69, 9.17) is 22.1 Å². The number of benzene rings is 3. The van der Waals surface area contributed by atoms with Crippen LogP contribution < -0.4 is 15.5 Å². The highest BCUT2D eigenvalue weighted by Gasteiger charge is 2.14. The van der Waals surface area contributed by atoms with Crippen molar-refractivity contribution in [2.45, 2.75) is 44.8 Å². The highest BCUT2D eigenvalue weighted by atomic mass is 32.1. The van der Waals surface area contributed by atoms with Crippen LogP contribution in [0.5, 0.6) is 5.75 Å². The van der Waals surface area contributed by atoms with E-state index in [0.29, 0.717) is 17.8 Å². The Bertz CT molecular complexity index is 1310. The zero-order valence-electron chi connectivity index (χ0n) is 20.7. The second-order valence-electron chi connectivity index (χ2n) is 9.19. The van der Waals surface area contributed by atoms with Crippen LogP contribution in [-0.4, -0.2) is 27.1 Å². The second kappa shape index (κ2) is 12.3. The van der Waals surface area contributed by atoms with Crippen LogP contribution in [0.25, 0.3) is 16.9 Å². The largest absolute Gasteiger partial charge is 0.489 e. The maximum absolute atomic E-state index is 5.96. The summed E-state index contributed by atoms with van der Waals surface area (Å²) >= 11 is 5.46. The van der Waals surface area contributed by atoms with Crippen molar-refractivity contribution in [3.63, 3.8) is 0 Å². The summed E-state index contributed by atoms with van der Waals surface area (Å²) in [6.45, 7) is 0.529. The van der Waals surface area contributed by atoms with Gasteiger partial charge in [-0.05, 0) is 67.0 Å². The van der Waals surface area contributed by atoms with Crippen molar-refractivity contribution in [2.75, 3.05) is 0 Å². The van der Waals surface area contributed by atoms with E-state index in [0.717, 1.165) is 46.7 Å². The molecule has 6 nitrogen and oxygen atoms in total. The van der Waals surface area contributed by atoms with Crippen molar-refractivity contribution in [2.24, 2.45) is 5.10 Å². The molecule has 1 aliphatic rings. The Kier molecular flexibility index (Phi) is 8.23. The Hall–Kier alpha value is -3.97. The number of hydrogen-bond donors (Lipinski definition) is 2. The lowest BCUT2D eigenvalue weighted by Crippen LogP contribution is -2.40. The maximum Gasteiger partial charge on any atom is 0.187 e. The van der Waals surface area contributed by atoms with Crippen LogP contribution >= 0.6 is 12.2 Å². The number of thiocarbonyl (C=S) groups is 1. The van der Waals surface area contributed by atoms with E-state index in [9.17, 15) is 0 Å². The zero-order valence-corrected chi connectivity index (χ0v) is 21.5. The summed E-state index contributed by atoms with van der Waals surface area (Å²) in [4.78, 5) is 0. The number of nitrogens with zero attached hydrogens (tertiary/aromatic N) is 3. The number of hydrogen-bond acceptors (Lipinski definition) is 4. The van der Waals surface area contributed by atoms with E-state index in [2.05, 4.69) is 28.0 Å². The Labute approximate surface area is 223 Å². The minimum Gasteiger partial charge on any atom is -0.489 e. The zero-order chi connectivity index (χ0) is 25.3. The summed E-state index contributed by atoms with van der Waals surface area (Å²) in [7, 11) is 0. The van der Waals surface area contributed by atoms with Gasteiger partial charge in [-0.2, -0.15) is 10.2 Å². The number of nitrogens with one attached hydrogen (secondary N) is 2. The molecule has 0 atom stereocenters. The highest BCUT2D eigenvalue weighted by molar-refractivity contribution is 7.80. The number of rotatable bonds is 8. The third-order valence-electron chi connectivity index (χ3n) is 6.45. The van der Waals surface area contributed by atoms with E-state index >= 15 is 0 Å². The fraction of sp³-hybridized carbons (Fsp3) is 0.233. The molecule has 0 spiro atoms. The molecule has 0 radical (unpaired) electrons. The quantitative estimate of drug-likeness (QED) is 0.167. The van der Waals surface area contributed by atoms with Crippen molar-refractivity contribution >= 4 is 23.5 Å². The number of aromatic nitrogens is 2. The highest BCUT2D eigenvalue weighted by Crippen LogP contribution is 2.25. The molecule has 7 heteroatoms. The normalized spacial score (nSPS) is 13.9. The molecule has 1 aromatic heterocycles. The Morgan fingerprint density at radius 2 is 1.65 bits per heavy atom. The molecule has 0 amide bonds. The van der Waals surface area contributed by atoms with Gasteiger partial charge in [-0.25, -0.2) is 4.68 Å². The van der Waals surface area contributed by atoms with Crippen molar-refractivity contribution in [1.29, 1.82) is 0 Å². The van der Waals surface area contributed by atoms with Crippen LogP contribution in [0.2, 0.25) is 0 Å². The Morgan fingerprint density at radius 3 is 2.38 bits per heavy atom. The lowest BCUT2D eigenvalue weighted by molar-refractivity contribution is 0.306. The van der Waals surface area contributed by atoms with Crippen molar-refractivity contribution in [3.8, 4) is 22.7 Å². The fourth-order valence-electron chi connectivity index (χ4n) is 4.49. The number of ether oxygens (including phenoxy) is 1. The Balaban J connectivity index is 1.31. The van der Waals surface area contributed by atoms with Gasteiger partial charge in [-0.3, -0.25) is 5.43 Å². The van der Waals surface area contributed by atoms with Crippen LogP contribution in [-0.2, 0) is 6.61 Å².